The maximum Gasteiger partial charge on any atom is 0.0813 e. The Morgan fingerprint density at radius 1 is 0.727 bits per heavy atom. The Balaban J connectivity index is 4.13. The maximum atomic E-state index is 3.56. The summed E-state index contributed by atoms with van der Waals surface area (Å²) in [5.74, 6) is 0. The minimum Gasteiger partial charge on any atom is -0.301 e. The van der Waals surface area contributed by atoms with Gasteiger partial charge in [-0.25, -0.2) is 0 Å². The standard InChI is InChI=1S/C19H43N3/c1-6-9-11-12-13-14-15-16-19(20-4,21-5)18-22(8-3)17-10-7-2/h20-21H,6-18H2,1-5H3. The van der Waals surface area contributed by atoms with Gasteiger partial charge >= 0.3 is 0 Å². The van der Waals surface area contributed by atoms with Gasteiger partial charge in [-0.05, 0) is 40.0 Å². The second-order valence-electron chi connectivity index (χ2n) is 6.68. The number of hydrogen-bond donors (Lipinski definition) is 2. The molecule has 0 bridgehead atoms. The SMILES string of the molecule is CCCCCCCCCC(CN(CC)CCCC)(NC)NC. The average Bonchev–Trinajstić information content (AvgIpc) is 2.56. The van der Waals surface area contributed by atoms with Crippen LogP contribution in [0.5, 0.6) is 0 Å². The van der Waals surface area contributed by atoms with E-state index in [1.807, 2.05) is 0 Å². The van der Waals surface area contributed by atoms with Gasteiger partial charge in [-0.3, -0.25) is 0 Å². The van der Waals surface area contributed by atoms with Crippen LogP contribution in [0.1, 0.15) is 85.0 Å². The van der Waals surface area contributed by atoms with Gasteiger partial charge in [0.2, 0.25) is 0 Å². The maximum absolute atomic E-state index is 3.56. The lowest BCUT2D eigenvalue weighted by Crippen LogP contribution is -2.60. The summed E-state index contributed by atoms with van der Waals surface area (Å²) in [7, 11) is 4.21. The zero-order valence-electron chi connectivity index (χ0n) is 16.1. The van der Waals surface area contributed by atoms with Crippen LogP contribution in [0, 0.1) is 0 Å². The van der Waals surface area contributed by atoms with Crippen molar-refractivity contribution in [1.29, 1.82) is 0 Å². The van der Waals surface area contributed by atoms with Gasteiger partial charge < -0.3 is 15.5 Å². The lowest BCUT2D eigenvalue weighted by Gasteiger charge is -2.38. The molecular formula is C19H43N3. The van der Waals surface area contributed by atoms with Crippen molar-refractivity contribution in [3.63, 3.8) is 0 Å². The lowest BCUT2D eigenvalue weighted by atomic mass is 9.99. The third kappa shape index (κ3) is 9.81. The molecule has 0 atom stereocenters. The molecule has 3 heteroatoms. The van der Waals surface area contributed by atoms with Gasteiger partial charge in [0.25, 0.3) is 0 Å². The van der Waals surface area contributed by atoms with Gasteiger partial charge in [0.15, 0.2) is 0 Å². The molecule has 3 nitrogen and oxygen atoms in total. The molecule has 0 aromatic heterocycles. The number of nitrogens with one attached hydrogen (secondary N) is 2. The van der Waals surface area contributed by atoms with E-state index in [0.717, 1.165) is 13.1 Å². The van der Waals surface area contributed by atoms with E-state index in [0.29, 0.717) is 0 Å². The molecular weight excluding hydrogens is 270 g/mol. The lowest BCUT2D eigenvalue weighted by molar-refractivity contribution is 0.153. The Hall–Kier alpha value is -0.120. The number of rotatable bonds is 16. The van der Waals surface area contributed by atoms with Crippen molar-refractivity contribution in [3.05, 3.63) is 0 Å². The Labute approximate surface area is 140 Å². The largest absolute Gasteiger partial charge is 0.301 e. The molecule has 134 valence electrons. The summed E-state index contributed by atoms with van der Waals surface area (Å²) in [5, 5.41) is 7.13. The Kier molecular flexibility index (Phi) is 14.4. The third-order valence-electron chi connectivity index (χ3n) is 4.93. The van der Waals surface area contributed by atoms with Gasteiger partial charge in [-0.1, -0.05) is 72.1 Å². The van der Waals surface area contributed by atoms with Crippen LogP contribution in [0.2, 0.25) is 0 Å². The molecule has 0 fully saturated rings. The summed E-state index contributed by atoms with van der Waals surface area (Å²) in [5.41, 5.74) is 0.0766. The van der Waals surface area contributed by atoms with Crippen LogP contribution in [0.25, 0.3) is 0 Å². The fourth-order valence-electron chi connectivity index (χ4n) is 3.11. The van der Waals surface area contributed by atoms with Gasteiger partial charge in [0, 0.05) is 6.54 Å². The summed E-state index contributed by atoms with van der Waals surface area (Å²) in [4.78, 5) is 2.58. The van der Waals surface area contributed by atoms with Gasteiger partial charge in [-0.15, -0.1) is 0 Å². The fraction of sp³-hybridized carbons (Fsp3) is 1.00. The molecule has 0 saturated heterocycles. The summed E-state index contributed by atoms with van der Waals surface area (Å²) in [6.07, 6.45) is 13.5. The predicted octanol–water partition coefficient (Wildman–Crippen LogP) is 4.38. The first-order valence-electron chi connectivity index (χ1n) is 9.78. The molecule has 0 unspecified atom stereocenters. The minimum atomic E-state index is 0.0766. The van der Waals surface area contributed by atoms with E-state index in [1.54, 1.807) is 0 Å². The van der Waals surface area contributed by atoms with Crippen molar-refractivity contribution in [3.8, 4) is 0 Å². The Bertz CT molecular complexity index is 227. The van der Waals surface area contributed by atoms with Crippen molar-refractivity contribution >= 4 is 0 Å². The highest BCUT2D eigenvalue weighted by Gasteiger charge is 2.27. The van der Waals surface area contributed by atoms with Crippen molar-refractivity contribution in [2.24, 2.45) is 0 Å². The zero-order chi connectivity index (χ0) is 16.7. The smallest absolute Gasteiger partial charge is 0.0813 e. The summed E-state index contributed by atoms with van der Waals surface area (Å²) >= 11 is 0. The van der Waals surface area contributed by atoms with E-state index in [1.165, 1.54) is 70.8 Å². The molecule has 0 aliphatic rings. The monoisotopic (exact) mass is 313 g/mol. The molecule has 22 heavy (non-hydrogen) atoms. The van der Waals surface area contributed by atoms with Gasteiger partial charge in [0.05, 0.1) is 5.66 Å². The van der Waals surface area contributed by atoms with E-state index in [-0.39, 0.29) is 5.66 Å². The second kappa shape index (κ2) is 14.5. The number of hydrogen-bond acceptors (Lipinski definition) is 3. The van der Waals surface area contributed by atoms with Crippen LogP contribution in [0.4, 0.5) is 0 Å². The molecule has 0 spiro atoms. The van der Waals surface area contributed by atoms with Crippen molar-refractivity contribution < 1.29 is 0 Å². The number of unbranched alkanes of at least 4 members (excludes halogenated alkanes) is 7. The van der Waals surface area contributed by atoms with Crippen LogP contribution in [0.15, 0.2) is 0 Å². The Morgan fingerprint density at radius 3 is 1.77 bits per heavy atom. The van der Waals surface area contributed by atoms with Crippen molar-refractivity contribution in [2.75, 3.05) is 33.7 Å². The molecule has 0 radical (unpaired) electrons. The highest BCUT2D eigenvalue weighted by molar-refractivity contribution is 4.86. The molecule has 0 aliphatic heterocycles. The van der Waals surface area contributed by atoms with E-state index in [4.69, 9.17) is 0 Å². The molecule has 2 N–H and O–H groups in total. The van der Waals surface area contributed by atoms with Crippen LogP contribution < -0.4 is 10.6 Å². The summed E-state index contributed by atoms with van der Waals surface area (Å²) in [6, 6.07) is 0. The fourth-order valence-corrected chi connectivity index (χ4v) is 3.11. The molecule has 0 aromatic rings. The van der Waals surface area contributed by atoms with Crippen LogP contribution in [-0.4, -0.2) is 44.3 Å². The minimum absolute atomic E-state index is 0.0766. The molecule has 0 rings (SSSR count). The van der Waals surface area contributed by atoms with E-state index in [2.05, 4.69) is 50.4 Å². The van der Waals surface area contributed by atoms with E-state index < -0.39 is 0 Å². The topological polar surface area (TPSA) is 27.3 Å². The first-order chi connectivity index (χ1) is 10.7. The average molecular weight is 314 g/mol. The first-order valence-corrected chi connectivity index (χ1v) is 9.78. The van der Waals surface area contributed by atoms with Gasteiger partial charge in [0.1, 0.15) is 0 Å². The third-order valence-corrected chi connectivity index (χ3v) is 4.93. The van der Waals surface area contributed by atoms with E-state index >= 15 is 0 Å². The molecule has 0 aliphatic carbocycles. The van der Waals surface area contributed by atoms with Crippen LogP contribution in [0.3, 0.4) is 0 Å². The molecule has 0 heterocycles. The highest BCUT2D eigenvalue weighted by atomic mass is 15.2. The molecule has 0 aromatic carbocycles. The molecule has 0 saturated carbocycles. The predicted molar refractivity (Wildman–Crippen MR) is 100 cm³/mol. The molecule has 0 amide bonds. The quantitative estimate of drug-likeness (QED) is 0.327. The zero-order valence-corrected chi connectivity index (χ0v) is 16.1. The van der Waals surface area contributed by atoms with Crippen LogP contribution in [-0.2, 0) is 0 Å². The van der Waals surface area contributed by atoms with Crippen LogP contribution >= 0.6 is 0 Å². The summed E-state index contributed by atoms with van der Waals surface area (Å²) in [6.45, 7) is 10.3. The first kappa shape index (κ1) is 21.9. The van der Waals surface area contributed by atoms with Gasteiger partial charge in [-0.2, -0.15) is 0 Å². The number of nitrogens with zero attached hydrogens (tertiary/aromatic N) is 1. The van der Waals surface area contributed by atoms with Crippen molar-refractivity contribution in [1.82, 2.24) is 15.5 Å². The van der Waals surface area contributed by atoms with E-state index in [9.17, 15) is 0 Å². The normalized spacial score (nSPS) is 12.3. The van der Waals surface area contributed by atoms with Crippen molar-refractivity contribution in [2.45, 2.75) is 90.6 Å². The highest BCUT2D eigenvalue weighted by Crippen LogP contribution is 2.16. The Morgan fingerprint density at radius 2 is 1.27 bits per heavy atom. The number of likely N-dealkylation sites (N-methyl/N-ethyl adjacent to an activating group) is 3. The second-order valence-corrected chi connectivity index (χ2v) is 6.68. The summed E-state index contributed by atoms with van der Waals surface area (Å²) < 4.78 is 0.